The molecule has 74 valence electrons. The average molecular weight is 185 g/mol. The second-order valence-electron chi connectivity index (χ2n) is 4.16. The summed E-state index contributed by atoms with van der Waals surface area (Å²) in [7, 11) is 0. The fraction of sp³-hybridized carbons (Fsp3) is 0.500. The molecule has 1 nitrogen and oxygen atoms in total. The van der Waals surface area contributed by atoms with Gasteiger partial charge in [-0.1, -0.05) is 45.9 Å². The molecule has 0 heterocycles. The monoisotopic (exact) mass is 185 g/mol. The summed E-state index contributed by atoms with van der Waals surface area (Å²) in [5.41, 5.74) is 9.60. The quantitative estimate of drug-likeness (QED) is 0.556. The fourth-order valence-corrected chi connectivity index (χ4v) is 1.61. The number of anilines is 1. The van der Waals surface area contributed by atoms with Gasteiger partial charge in [-0.15, -0.1) is 0 Å². The maximum absolute atomic E-state index is 6.09. The maximum atomic E-state index is 6.09. The van der Waals surface area contributed by atoms with Crippen molar-refractivity contribution >= 4 is 24.5 Å². The Labute approximate surface area is 99.3 Å². The van der Waals surface area contributed by atoms with Gasteiger partial charge in [-0.2, -0.15) is 0 Å². The molecule has 0 unspecified atom stereocenters. The molecular weight excluding hydrogens is 165 g/mol. The van der Waals surface area contributed by atoms with Crippen molar-refractivity contribution in [2.75, 3.05) is 5.73 Å². The first-order valence-electron chi connectivity index (χ1n) is 4.92. The molecule has 1 aromatic rings. The molecule has 1 rings (SSSR count). The zero-order chi connectivity index (χ0) is 10.0. The Morgan fingerprint density at radius 3 is 1.57 bits per heavy atom. The van der Waals surface area contributed by atoms with Crippen molar-refractivity contribution in [3.63, 3.8) is 0 Å². The molecule has 0 spiro atoms. The van der Waals surface area contributed by atoms with E-state index in [1.54, 1.807) is 0 Å². The van der Waals surface area contributed by atoms with Crippen molar-refractivity contribution in [1.29, 1.82) is 0 Å². The number of para-hydroxylation sites is 1. The average Bonchev–Trinajstić information content (AvgIpc) is 2.03. The van der Waals surface area contributed by atoms with Crippen molar-refractivity contribution in [3.8, 4) is 0 Å². The van der Waals surface area contributed by atoms with Crippen LogP contribution in [0.2, 0.25) is 0 Å². The van der Waals surface area contributed by atoms with Crippen LogP contribution >= 0.6 is 0 Å². The summed E-state index contributed by atoms with van der Waals surface area (Å²) in [6.07, 6.45) is 0. The van der Waals surface area contributed by atoms with Crippen LogP contribution in [0.3, 0.4) is 0 Å². The van der Waals surface area contributed by atoms with E-state index in [-0.39, 0.29) is 18.9 Å². The molecule has 14 heavy (non-hydrogen) atoms. The standard InChI is InChI=1S/C12H19N.Li.H/c1-8(2)10-6-5-7-11(9(3)4)12(10)13;;/h5-9H,13H2,1-4H3;;. The van der Waals surface area contributed by atoms with Gasteiger partial charge in [0.2, 0.25) is 0 Å². The normalized spacial score (nSPS) is 10.4. The zero-order valence-corrected chi connectivity index (χ0v) is 8.96. The summed E-state index contributed by atoms with van der Waals surface area (Å²) in [5.74, 6) is 1.03. The SMILES string of the molecule is CC(C)c1cccc(C(C)C)c1N.[LiH]. The Balaban J connectivity index is 0.00000169. The molecule has 0 bridgehead atoms. The van der Waals surface area contributed by atoms with Crippen molar-refractivity contribution in [2.45, 2.75) is 39.5 Å². The number of benzene rings is 1. The van der Waals surface area contributed by atoms with Gasteiger partial charge in [0.1, 0.15) is 0 Å². The molecule has 0 amide bonds. The molecule has 0 aliphatic carbocycles. The summed E-state index contributed by atoms with van der Waals surface area (Å²) in [6.45, 7) is 8.71. The van der Waals surface area contributed by atoms with Crippen LogP contribution in [0.5, 0.6) is 0 Å². The third kappa shape index (κ3) is 2.80. The van der Waals surface area contributed by atoms with E-state index in [2.05, 4.69) is 45.9 Å². The van der Waals surface area contributed by atoms with E-state index in [4.69, 9.17) is 5.73 Å². The van der Waals surface area contributed by atoms with E-state index < -0.39 is 0 Å². The minimum absolute atomic E-state index is 0. The molecule has 0 aliphatic heterocycles. The number of rotatable bonds is 2. The van der Waals surface area contributed by atoms with Crippen LogP contribution in [0.1, 0.15) is 50.7 Å². The first-order valence-corrected chi connectivity index (χ1v) is 4.92. The molecule has 2 heteroatoms. The van der Waals surface area contributed by atoms with E-state index in [1.807, 2.05) is 0 Å². The number of hydrogen-bond donors (Lipinski definition) is 1. The Morgan fingerprint density at radius 1 is 0.929 bits per heavy atom. The Morgan fingerprint density at radius 2 is 1.29 bits per heavy atom. The summed E-state index contributed by atoms with van der Waals surface area (Å²) < 4.78 is 0. The van der Waals surface area contributed by atoms with Gasteiger partial charge >= 0.3 is 18.9 Å². The van der Waals surface area contributed by atoms with Crippen molar-refractivity contribution in [1.82, 2.24) is 0 Å². The van der Waals surface area contributed by atoms with Crippen LogP contribution in [0.15, 0.2) is 18.2 Å². The number of nitrogens with two attached hydrogens (primary N) is 1. The number of nitrogen functional groups attached to an aromatic ring is 1. The van der Waals surface area contributed by atoms with Crippen LogP contribution in [-0.2, 0) is 0 Å². The molecule has 0 aromatic heterocycles. The predicted molar refractivity (Wildman–Crippen MR) is 66.2 cm³/mol. The van der Waals surface area contributed by atoms with E-state index in [0.29, 0.717) is 11.8 Å². The van der Waals surface area contributed by atoms with Gasteiger partial charge in [-0.3, -0.25) is 0 Å². The van der Waals surface area contributed by atoms with Gasteiger partial charge in [-0.25, -0.2) is 0 Å². The van der Waals surface area contributed by atoms with Crippen LogP contribution in [0, 0.1) is 0 Å². The predicted octanol–water partition coefficient (Wildman–Crippen LogP) is 2.87. The van der Waals surface area contributed by atoms with Crippen LogP contribution in [-0.4, -0.2) is 18.9 Å². The molecule has 2 N–H and O–H groups in total. The van der Waals surface area contributed by atoms with Crippen molar-refractivity contribution < 1.29 is 0 Å². The van der Waals surface area contributed by atoms with Gasteiger partial charge in [-0.05, 0) is 23.0 Å². The van der Waals surface area contributed by atoms with Gasteiger partial charge in [0.05, 0.1) is 0 Å². The Bertz CT molecular complexity index is 266. The summed E-state index contributed by atoms with van der Waals surface area (Å²) >= 11 is 0. The second-order valence-corrected chi connectivity index (χ2v) is 4.16. The van der Waals surface area contributed by atoms with Crippen molar-refractivity contribution in [2.24, 2.45) is 0 Å². The first-order chi connectivity index (χ1) is 6.04. The molecule has 0 atom stereocenters. The summed E-state index contributed by atoms with van der Waals surface area (Å²) in [5, 5.41) is 0. The molecule has 1 aromatic carbocycles. The molecule has 0 fully saturated rings. The summed E-state index contributed by atoms with van der Waals surface area (Å²) in [4.78, 5) is 0. The van der Waals surface area contributed by atoms with Gasteiger partial charge in [0, 0.05) is 5.69 Å². The van der Waals surface area contributed by atoms with E-state index in [1.165, 1.54) is 11.1 Å². The van der Waals surface area contributed by atoms with Gasteiger partial charge in [0.15, 0.2) is 0 Å². The topological polar surface area (TPSA) is 26.0 Å². The van der Waals surface area contributed by atoms with E-state index in [9.17, 15) is 0 Å². The molecular formula is C12H20LiN. The van der Waals surface area contributed by atoms with Gasteiger partial charge in [0.25, 0.3) is 0 Å². The molecule has 0 aliphatic rings. The minimum atomic E-state index is 0. The molecule has 0 radical (unpaired) electrons. The van der Waals surface area contributed by atoms with Crippen LogP contribution in [0.4, 0.5) is 5.69 Å². The van der Waals surface area contributed by atoms with E-state index >= 15 is 0 Å². The zero-order valence-electron chi connectivity index (χ0n) is 8.96. The first kappa shape index (κ1) is 13.6. The van der Waals surface area contributed by atoms with Crippen molar-refractivity contribution in [3.05, 3.63) is 29.3 Å². The molecule has 0 saturated carbocycles. The summed E-state index contributed by atoms with van der Waals surface area (Å²) in [6, 6.07) is 6.33. The molecule has 0 saturated heterocycles. The second kappa shape index (κ2) is 5.49. The Kier molecular flexibility index (Phi) is 5.34. The van der Waals surface area contributed by atoms with Gasteiger partial charge < -0.3 is 5.73 Å². The Hall–Kier alpha value is -0.383. The fourth-order valence-electron chi connectivity index (χ4n) is 1.61. The number of hydrogen-bond acceptors (Lipinski definition) is 1. The third-order valence-corrected chi connectivity index (χ3v) is 2.42. The van der Waals surface area contributed by atoms with Crippen LogP contribution in [0.25, 0.3) is 0 Å². The third-order valence-electron chi connectivity index (χ3n) is 2.42. The van der Waals surface area contributed by atoms with Crippen LogP contribution < -0.4 is 5.73 Å². The van der Waals surface area contributed by atoms with E-state index in [0.717, 1.165) is 5.69 Å².